The number of hydrogen-bond donors (Lipinski definition) is 1. The lowest BCUT2D eigenvalue weighted by Gasteiger charge is -2.07. The molecular weight excluding hydrogens is 192 g/mol. The van der Waals surface area contributed by atoms with Crippen LogP contribution < -0.4 is 5.73 Å². The molecule has 88 valence electrons. The quantitative estimate of drug-likeness (QED) is 0.513. The van der Waals surface area contributed by atoms with Crippen LogP contribution in [-0.2, 0) is 9.47 Å². The number of hydrogen-bond acceptors (Lipinski definition) is 4. The Balaban J connectivity index is 0. The van der Waals surface area contributed by atoms with Crippen LogP contribution in [0.1, 0.15) is 0 Å². The highest BCUT2D eigenvalue weighted by molar-refractivity contribution is 4.75. The Bertz CT molecular complexity index is 168. The van der Waals surface area contributed by atoms with Crippen LogP contribution in [0.2, 0.25) is 0 Å². The lowest BCUT2D eigenvalue weighted by Crippen LogP contribution is -2.16. The summed E-state index contributed by atoms with van der Waals surface area (Å²) in [6.45, 7) is 8.95. The zero-order valence-corrected chi connectivity index (χ0v) is 9.69. The van der Waals surface area contributed by atoms with Crippen molar-refractivity contribution in [1.82, 2.24) is 4.90 Å². The van der Waals surface area contributed by atoms with Gasteiger partial charge in [-0.15, -0.1) is 0 Å². The van der Waals surface area contributed by atoms with E-state index in [1.807, 2.05) is 14.1 Å². The molecule has 0 aliphatic carbocycles. The molecule has 0 amide bonds. The molecule has 0 saturated carbocycles. The smallest absolute Gasteiger partial charge is 0.107 e. The molecule has 0 bridgehead atoms. The summed E-state index contributed by atoms with van der Waals surface area (Å²) >= 11 is 0. The molecule has 15 heavy (non-hydrogen) atoms. The fraction of sp³-hybridized carbons (Fsp3) is 0.455. The number of nitrogens with zero attached hydrogens (tertiary/aromatic N) is 1. The van der Waals surface area contributed by atoms with Crippen molar-refractivity contribution >= 4 is 0 Å². The second kappa shape index (κ2) is 15.1. The van der Waals surface area contributed by atoms with E-state index in [-0.39, 0.29) is 0 Å². The number of ether oxygens (including phenoxy) is 2. The molecule has 0 unspecified atom stereocenters. The predicted molar refractivity (Wildman–Crippen MR) is 64.2 cm³/mol. The average molecular weight is 214 g/mol. The van der Waals surface area contributed by atoms with Crippen LogP contribution in [0.5, 0.6) is 0 Å². The maximum atomic E-state index is 4.97. The molecule has 0 rings (SSSR count). The van der Waals surface area contributed by atoms with Gasteiger partial charge in [-0.25, -0.2) is 0 Å². The molecule has 0 saturated heterocycles. The Morgan fingerprint density at radius 2 is 1.80 bits per heavy atom. The molecule has 0 aliphatic heterocycles. The molecule has 0 aliphatic rings. The molecule has 2 N–H and O–H groups in total. The topological polar surface area (TPSA) is 47.7 Å². The summed E-state index contributed by atoms with van der Waals surface area (Å²) in [6.07, 6.45) is 5.97. The normalized spacial score (nSPS) is 9.27. The second-order valence-corrected chi connectivity index (χ2v) is 2.77. The molecule has 0 aromatic carbocycles. The third kappa shape index (κ3) is 24.5. The summed E-state index contributed by atoms with van der Waals surface area (Å²) in [7, 11) is 4.01. The van der Waals surface area contributed by atoms with Gasteiger partial charge in [-0.3, -0.25) is 0 Å². The van der Waals surface area contributed by atoms with E-state index in [2.05, 4.69) is 22.8 Å². The molecule has 0 fully saturated rings. The summed E-state index contributed by atoms with van der Waals surface area (Å²) in [5.41, 5.74) is 4.97. The van der Waals surface area contributed by atoms with Gasteiger partial charge in [-0.2, -0.15) is 0 Å². The second-order valence-electron chi connectivity index (χ2n) is 2.77. The van der Waals surface area contributed by atoms with Crippen LogP contribution >= 0.6 is 0 Å². The van der Waals surface area contributed by atoms with Crippen molar-refractivity contribution < 1.29 is 9.47 Å². The third-order valence-electron chi connectivity index (χ3n) is 1.22. The molecule has 0 aromatic heterocycles. The molecule has 0 spiro atoms. The Morgan fingerprint density at radius 1 is 1.20 bits per heavy atom. The number of rotatable bonds is 7. The molecule has 4 nitrogen and oxygen atoms in total. The first-order valence-electron chi connectivity index (χ1n) is 4.65. The van der Waals surface area contributed by atoms with Gasteiger partial charge in [0.25, 0.3) is 0 Å². The highest BCUT2D eigenvalue weighted by atomic mass is 16.5. The average Bonchev–Trinajstić information content (AvgIpc) is 2.20. The maximum Gasteiger partial charge on any atom is 0.107 e. The largest absolute Gasteiger partial charge is 0.500 e. The zero-order valence-electron chi connectivity index (χ0n) is 9.69. The fourth-order valence-corrected chi connectivity index (χ4v) is 0.498. The summed E-state index contributed by atoms with van der Waals surface area (Å²) in [5, 5.41) is 0. The Morgan fingerprint density at radius 3 is 2.20 bits per heavy atom. The summed E-state index contributed by atoms with van der Waals surface area (Å²) in [5.74, 6) is 0. The van der Waals surface area contributed by atoms with E-state index in [4.69, 9.17) is 10.5 Å². The van der Waals surface area contributed by atoms with Crippen molar-refractivity contribution in [3.05, 3.63) is 38.0 Å². The minimum Gasteiger partial charge on any atom is -0.500 e. The fourth-order valence-electron chi connectivity index (χ4n) is 0.498. The predicted octanol–water partition coefficient (Wildman–Crippen LogP) is 1.33. The van der Waals surface area contributed by atoms with E-state index in [9.17, 15) is 0 Å². The van der Waals surface area contributed by atoms with Gasteiger partial charge in [0, 0.05) is 6.54 Å². The van der Waals surface area contributed by atoms with Crippen molar-refractivity contribution in [1.29, 1.82) is 0 Å². The van der Waals surface area contributed by atoms with Crippen molar-refractivity contribution in [3.8, 4) is 0 Å². The van der Waals surface area contributed by atoms with E-state index in [1.54, 1.807) is 6.08 Å². The Labute approximate surface area is 92.7 Å². The van der Waals surface area contributed by atoms with Crippen molar-refractivity contribution in [2.45, 2.75) is 0 Å². The van der Waals surface area contributed by atoms with Crippen molar-refractivity contribution in [3.63, 3.8) is 0 Å². The van der Waals surface area contributed by atoms with Crippen LogP contribution in [0, 0.1) is 0 Å². The first-order chi connectivity index (χ1) is 7.18. The summed E-state index contributed by atoms with van der Waals surface area (Å²) < 4.78 is 9.54. The third-order valence-corrected chi connectivity index (χ3v) is 1.22. The number of nitrogens with two attached hydrogens (primary N) is 1. The molecule has 0 heterocycles. The number of likely N-dealkylation sites (N-methyl/N-ethyl adjacent to an activating group) is 1. The minimum absolute atomic E-state index is 0.514. The molecule has 4 heteroatoms. The van der Waals surface area contributed by atoms with E-state index >= 15 is 0 Å². The molecule has 0 aromatic rings. The van der Waals surface area contributed by atoms with Crippen LogP contribution in [0.15, 0.2) is 38.0 Å². The van der Waals surface area contributed by atoms with E-state index in [1.165, 1.54) is 18.7 Å². The van der Waals surface area contributed by atoms with Gasteiger partial charge in [0.15, 0.2) is 0 Å². The van der Waals surface area contributed by atoms with Gasteiger partial charge in [0.2, 0.25) is 0 Å². The Hall–Kier alpha value is -1.42. The van der Waals surface area contributed by atoms with Gasteiger partial charge in [0.1, 0.15) is 6.61 Å². The molecule has 0 radical (unpaired) electrons. The SMILES string of the molecule is C=COCC=CN.C=COCCN(C)C. The van der Waals surface area contributed by atoms with E-state index in [0.29, 0.717) is 6.61 Å². The van der Waals surface area contributed by atoms with Gasteiger partial charge in [-0.1, -0.05) is 13.2 Å². The summed E-state index contributed by atoms with van der Waals surface area (Å²) in [6, 6.07) is 0. The first kappa shape index (κ1) is 16.0. The Kier molecular flexibility index (Phi) is 16.1. The van der Waals surface area contributed by atoms with Crippen molar-refractivity contribution in [2.75, 3.05) is 33.9 Å². The zero-order chi connectivity index (χ0) is 11.9. The maximum absolute atomic E-state index is 4.97. The van der Waals surface area contributed by atoms with Gasteiger partial charge >= 0.3 is 0 Å². The molecular formula is C11H22N2O2. The highest BCUT2D eigenvalue weighted by Gasteiger charge is 1.84. The van der Waals surface area contributed by atoms with Crippen LogP contribution in [0.4, 0.5) is 0 Å². The van der Waals surface area contributed by atoms with Crippen molar-refractivity contribution in [2.24, 2.45) is 5.73 Å². The van der Waals surface area contributed by atoms with Gasteiger partial charge in [0.05, 0.1) is 19.1 Å². The van der Waals surface area contributed by atoms with Gasteiger partial charge in [-0.05, 0) is 26.4 Å². The van der Waals surface area contributed by atoms with Crippen LogP contribution in [0.25, 0.3) is 0 Å². The highest BCUT2D eigenvalue weighted by Crippen LogP contribution is 1.76. The van der Waals surface area contributed by atoms with E-state index in [0.717, 1.165) is 13.2 Å². The van der Waals surface area contributed by atoms with Gasteiger partial charge < -0.3 is 20.1 Å². The first-order valence-corrected chi connectivity index (χ1v) is 4.65. The summed E-state index contributed by atoms with van der Waals surface area (Å²) in [4.78, 5) is 2.06. The monoisotopic (exact) mass is 214 g/mol. The van der Waals surface area contributed by atoms with E-state index < -0.39 is 0 Å². The van der Waals surface area contributed by atoms with Crippen LogP contribution in [-0.4, -0.2) is 38.8 Å². The standard InChI is InChI=1S/C6H13NO.C5H9NO/c1-4-8-6-5-7(2)3;1-2-7-5-3-4-6/h4H,1,5-6H2,2-3H3;2-4H,1,5-6H2. The molecule has 0 atom stereocenters. The van der Waals surface area contributed by atoms with Crippen LogP contribution in [0.3, 0.4) is 0 Å². The minimum atomic E-state index is 0.514. The lowest BCUT2D eigenvalue weighted by atomic mass is 10.6. The lowest BCUT2D eigenvalue weighted by molar-refractivity contribution is 0.213.